The Labute approximate surface area is 142 Å². The maximum absolute atomic E-state index is 11.4. The molecule has 118 valence electrons. The molecule has 0 bridgehead atoms. The lowest BCUT2D eigenvalue weighted by atomic mass is 10.2. The van der Waals surface area contributed by atoms with Crippen LogP contribution in [0.25, 0.3) is 10.7 Å². The summed E-state index contributed by atoms with van der Waals surface area (Å²) in [5.74, 6) is 0.449. The third kappa shape index (κ3) is 3.62. The van der Waals surface area contributed by atoms with Crippen LogP contribution in [0.5, 0.6) is 0 Å². The summed E-state index contributed by atoms with van der Waals surface area (Å²) in [6.07, 6.45) is 0. The Balaban J connectivity index is 1.98. The third-order valence-corrected chi connectivity index (χ3v) is 5.29. The fourth-order valence-corrected chi connectivity index (χ4v) is 3.60. The zero-order valence-corrected chi connectivity index (χ0v) is 14.2. The van der Waals surface area contributed by atoms with E-state index >= 15 is 0 Å². The predicted molar refractivity (Wildman–Crippen MR) is 93.4 cm³/mol. The summed E-state index contributed by atoms with van der Waals surface area (Å²) in [6.45, 7) is 2.42. The molecule has 0 saturated heterocycles. The van der Waals surface area contributed by atoms with Gasteiger partial charge in [0.15, 0.2) is 11.0 Å². The van der Waals surface area contributed by atoms with Crippen LogP contribution >= 0.6 is 23.1 Å². The van der Waals surface area contributed by atoms with Crippen LogP contribution in [-0.2, 0) is 11.3 Å². The molecule has 0 saturated carbocycles. The number of amides is 1. The number of hydrogen-bond acceptors (Lipinski definition) is 5. The van der Waals surface area contributed by atoms with E-state index in [0.29, 0.717) is 11.7 Å². The van der Waals surface area contributed by atoms with Crippen LogP contribution in [-0.4, -0.2) is 25.9 Å². The molecule has 0 fully saturated rings. The first-order chi connectivity index (χ1) is 11.1. The van der Waals surface area contributed by atoms with Crippen molar-refractivity contribution >= 4 is 29.0 Å². The molecule has 2 heterocycles. The monoisotopic (exact) mass is 344 g/mol. The topological polar surface area (TPSA) is 73.8 Å². The fourth-order valence-electron chi connectivity index (χ4n) is 2.09. The molecule has 0 aliphatic carbocycles. The Morgan fingerprint density at radius 1 is 1.26 bits per heavy atom. The quantitative estimate of drug-likeness (QED) is 0.698. The molecule has 0 radical (unpaired) electrons. The van der Waals surface area contributed by atoms with E-state index in [1.54, 1.807) is 18.3 Å². The van der Waals surface area contributed by atoms with Gasteiger partial charge in [0.05, 0.1) is 16.7 Å². The first-order valence-electron chi connectivity index (χ1n) is 7.12. The van der Waals surface area contributed by atoms with Crippen LogP contribution < -0.4 is 5.73 Å². The first-order valence-corrected chi connectivity index (χ1v) is 8.88. The minimum Gasteiger partial charge on any atom is -0.369 e. The molecule has 0 aliphatic heterocycles. The molecule has 0 unspecified atom stereocenters. The first kappa shape index (κ1) is 15.8. The highest BCUT2D eigenvalue weighted by atomic mass is 32.2. The number of primary amides is 1. The molecule has 7 heteroatoms. The van der Waals surface area contributed by atoms with Crippen molar-refractivity contribution in [2.24, 2.45) is 5.73 Å². The number of carbonyl (C=O) groups is 1. The summed E-state index contributed by atoms with van der Waals surface area (Å²) in [7, 11) is 0. The van der Waals surface area contributed by atoms with Crippen molar-refractivity contribution in [2.45, 2.75) is 23.9 Å². The lowest BCUT2D eigenvalue weighted by molar-refractivity contribution is -0.117. The second-order valence-electron chi connectivity index (χ2n) is 5.02. The minimum absolute atomic E-state index is 0.357. The van der Waals surface area contributed by atoms with Crippen LogP contribution in [0.4, 0.5) is 0 Å². The summed E-state index contributed by atoms with van der Waals surface area (Å²) in [6, 6.07) is 14.1. The average Bonchev–Trinajstić information content (AvgIpc) is 3.19. The van der Waals surface area contributed by atoms with E-state index in [9.17, 15) is 4.79 Å². The van der Waals surface area contributed by atoms with Crippen molar-refractivity contribution in [1.82, 2.24) is 14.8 Å². The van der Waals surface area contributed by atoms with Crippen LogP contribution in [0, 0.1) is 0 Å². The molecule has 1 amide bonds. The van der Waals surface area contributed by atoms with Gasteiger partial charge in [0.2, 0.25) is 5.91 Å². The maximum Gasteiger partial charge on any atom is 0.230 e. The van der Waals surface area contributed by atoms with E-state index in [4.69, 9.17) is 5.73 Å². The summed E-state index contributed by atoms with van der Waals surface area (Å²) in [5.41, 5.74) is 6.52. The number of aromatic nitrogens is 3. The van der Waals surface area contributed by atoms with Crippen molar-refractivity contribution in [3.8, 4) is 10.7 Å². The molecule has 1 atom stereocenters. The zero-order chi connectivity index (χ0) is 16.2. The molecule has 2 N–H and O–H groups in total. The van der Waals surface area contributed by atoms with Gasteiger partial charge in [-0.3, -0.25) is 9.36 Å². The summed E-state index contributed by atoms with van der Waals surface area (Å²) in [4.78, 5) is 12.4. The van der Waals surface area contributed by atoms with Crippen LogP contribution in [0.2, 0.25) is 0 Å². The highest BCUT2D eigenvalue weighted by molar-refractivity contribution is 8.00. The number of nitrogens with two attached hydrogens (primary N) is 1. The number of carbonyl (C=O) groups excluding carboxylic acids is 1. The van der Waals surface area contributed by atoms with Gasteiger partial charge in [-0.2, -0.15) is 0 Å². The fraction of sp³-hybridized carbons (Fsp3) is 0.188. The smallest absolute Gasteiger partial charge is 0.230 e. The highest BCUT2D eigenvalue weighted by Gasteiger charge is 2.19. The Hall–Kier alpha value is -2.12. The Morgan fingerprint density at radius 2 is 2.04 bits per heavy atom. The van der Waals surface area contributed by atoms with Gasteiger partial charge >= 0.3 is 0 Å². The lowest BCUT2D eigenvalue weighted by Gasteiger charge is -2.11. The van der Waals surface area contributed by atoms with Crippen LogP contribution in [0.15, 0.2) is 53.0 Å². The largest absolute Gasteiger partial charge is 0.369 e. The molecule has 3 aromatic rings. The predicted octanol–water partition coefficient (Wildman–Crippen LogP) is 3.02. The van der Waals surface area contributed by atoms with Crippen LogP contribution in [0.3, 0.4) is 0 Å². The molecular formula is C16H16N4OS2. The maximum atomic E-state index is 11.4. The Bertz CT molecular complexity index is 784. The molecule has 23 heavy (non-hydrogen) atoms. The summed E-state index contributed by atoms with van der Waals surface area (Å²) >= 11 is 2.95. The molecule has 1 aromatic carbocycles. The standard InChI is InChI=1S/C16H16N4OS2/c1-11(14(17)21)23-16-19-18-15(13-8-5-9-22-13)20(16)10-12-6-3-2-4-7-12/h2-9,11H,10H2,1H3,(H2,17,21)/t11-/m1/s1. The minimum atomic E-state index is -0.359. The third-order valence-electron chi connectivity index (χ3n) is 3.32. The number of thiophene rings is 1. The highest BCUT2D eigenvalue weighted by Crippen LogP contribution is 2.29. The molecular weight excluding hydrogens is 328 g/mol. The molecule has 0 spiro atoms. The van der Waals surface area contributed by atoms with E-state index < -0.39 is 0 Å². The number of hydrogen-bond donors (Lipinski definition) is 1. The van der Waals surface area contributed by atoms with Crippen molar-refractivity contribution in [1.29, 1.82) is 0 Å². The Morgan fingerprint density at radius 3 is 2.70 bits per heavy atom. The molecule has 0 aliphatic rings. The SMILES string of the molecule is C[C@@H](Sc1nnc(-c2cccs2)n1Cc1ccccc1)C(N)=O. The molecule has 2 aromatic heterocycles. The van der Waals surface area contributed by atoms with Crippen molar-refractivity contribution in [2.75, 3.05) is 0 Å². The van der Waals surface area contributed by atoms with Crippen molar-refractivity contribution in [3.05, 3.63) is 53.4 Å². The van der Waals surface area contributed by atoms with Gasteiger partial charge in [0, 0.05) is 0 Å². The number of benzene rings is 1. The second-order valence-corrected chi connectivity index (χ2v) is 7.27. The summed E-state index contributed by atoms with van der Waals surface area (Å²) in [5, 5.41) is 10.9. The van der Waals surface area contributed by atoms with E-state index in [2.05, 4.69) is 22.3 Å². The van der Waals surface area contributed by atoms with Gasteiger partial charge in [0.1, 0.15) is 0 Å². The lowest BCUT2D eigenvalue weighted by Crippen LogP contribution is -2.23. The van der Waals surface area contributed by atoms with Gasteiger partial charge in [-0.15, -0.1) is 21.5 Å². The van der Waals surface area contributed by atoms with Gasteiger partial charge in [0.25, 0.3) is 0 Å². The van der Waals surface area contributed by atoms with E-state index in [0.717, 1.165) is 16.3 Å². The summed E-state index contributed by atoms with van der Waals surface area (Å²) < 4.78 is 2.03. The molecule has 5 nitrogen and oxygen atoms in total. The van der Waals surface area contributed by atoms with Gasteiger partial charge in [-0.25, -0.2) is 0 Å². The van der Waals surface area contributed by atoms with Gasteiger partial charge in [-0.05, 0) is 23.9 Å². The van der Waals surface area contributed by atoms with Crippen molar-refractivity contribution < 1.29 is 4.79 Å². The number of nitrogens with zero attached hydrogens (tertiary/aromatic N) is 3. The van der Waals surface area contributed by atoms with Crippen LogP contribution in [0.1, 0.15) is 12.5 Å². The van der Waals surface area contributed by atoms with E-state index in [1.807, 2.05) is 40.3 Å². The number of rotatable bonds is 6. The number of thioether (sulfide) groups is 1. The normalized spacial score (nSPS) is 12.2. The molecule has 3 rings (SSSR count). The van der Waals surface area contributed by atoms with Gasteiger partial charge in [-0.1, -0.05) is 48.2 Å². The van der Waals surface area contributed by atoms with Gasteiger partial charge < -0.3 is 5.73 Å². The van der Waals surface area contributed by atoms with E-state index in [-0.39, 0.29) is 11.2 Å². The zero-order valence-electron chi connectivity index (χ0n) is 12.5. The van der Waals surface area contributed by atoms with Crippen molar-refractivity contribution in [3.63, 3.8) is 0 Å². The average molecular weight is 344 g/mol. The van der Waals surface area contributed by atoms with E-state index in [1.165, 1.54) is 11.8 Å². The second kappa shape index (κ2) is 6.97. The Kier molecular flexibility index (Phi) is 4.78.